The predicted molar refractivity (Wildman–Crippen MR) is 68.7 cm³/mol. The fourth-order valence-corrected chi connectivity index (χ4v) is 3.43. The first-order chi connectivity index (χ1) is 7.79. The Morgan fingerprint density at radius 3 is 3.06 bits per heavy atom. The van der Waals surface area contributed by atoms with Crippen LogP contribution < -0.4 is 5.32 Å². The number of likely N-dealkylation sites (tertiary alicyclic amines) is 1. The molecule has 2 heterocycles. The molecule has 2 aliphatic rings. The minimum absolute atomic E-state index is 0.357. The quantitative estimate of drug-likeness (QED) is 0.810. The zero-order valence-corrected chi connectivity index (χ0v) is 10.9. The molecule has 2 saturated heterocycles. The number of rotatable bonds is 3. The number of thioether (sulfide) groups is 1. The van der Waals surface area contributed by atoms with Gasteiger partial charge in [0.1, 0.15) is 0 Å². The van der Waals surface area contributed by atoms with Gasteiger partial charge in [-0.05, 0) is 12.3 Å². The van der Waals surface area contributed by atoms with Crippen LogP contribution in [0.1, 0.15) is 26.2 Å². The molecule has 3 nitrogen and oxygen atoms in total. The van der Waals surface area contributed by atoms with Gasteiger partial charge in [0, 0.05) is 43.6 Å². The van der Waals surface area contributed by atoms with Gasteiger partial charge < -0.3 is 10.2 Å². The van der Waals surface area contributed by atoms with Crippen molar-refractivity contribution in [3.05, 3.63) is 0 Å². The van der Waals surface area contributed by atoms with Crippen molar-refractivity contribution in [3.8, 4) is 0 Å². The molecule has 0 radical (unpaired) electrons. The highest BCUT2D eigenvalue weighted by Gasteiger charge is 2.27. The number of carbonyl (C=O) groups is 1. The second kappa shape index (κ2) is 5.92. The van der Waals surface area contributed by atoms with Crippen molar-refractivity contribution in [1.82, 2.24) is 10.2 Å². The molecule has 92 valence electrons. The molecule has 2 fully saturated rings. The van der Waals surface area contributed by atoms with E-state index in [0.29, 0.717) is 18.4 Å². The molecule has 1 N–H and O–H groups in total. The van der Waals surface area contributed by atoms with Gasteiger partial charge in [-0.1, -0.05) is 13.3 Å². The lowest BCUT2D eigenvalue weighted by atomic mass is 10.1. The first kappa shape index (κ1) is 12.2. The van der Waals surface area contributed by atoms with E-state index in [0.717, 1.165) is 31.3 Å². The average molecular weight is 242 g/mol. The third-order valence-corrected chi connectivity index (χ3v) is 4.77. The Labute approximate surface area is 102 Å². The highest BCUT2D eigenvalue weighted by molar-refractivity contribution is 7.99. The molecule has 1 amide bonds. The van der Waals surface area contributed by atoms with Gasteiger partial charge in [-0.25, -0.2) is 0 Å². The molecular formula is C12H22N2OS. The fourth-order valence-electron chi connectivity index (χ4n) is 2.48. The molecule has 4 heteroatoms. The maximum Gasteiger partial charge on any atom is 0.224 e. The number of hydrogen-bond acceptors (Lipinski definition) is 3. The lowest BCUT2D eigenvalue weighted by Crippen LogP contribution is -2.42. The van der Waals surface area contributed by atoms with Gasteiger partial charge in [0.05, 0.1) is 0 Å². The van der Waals surface area contributed by atoms with Crippen molar-refractivity contribution in [3.63, 3.8) is 0 Å². The van der Waals surface area contributed by atoms with Gasteiger partial charge in [-0.2, -0.15) is 11.8 Å². The summed E-state index contributed by atoms with van der Waals surface area (Å²) in [5, 5.41) is 3.43. The van der Waals surface area contributed by atoms with E-state index in [-0.39, 0.29) is 0 Å². The van der Waals surface area contributed by atoms with Crippen LogP contribution in [-0.4, -0.2) is 48.0 Å². The van der Waals surface area contributed by atoms with Crippen LogP contribution in [-0.2, 0) is 4.79 Å². The summed E-state index contributed by atoms with van der Waals surface area (Å²) < 4.78 is 0. The molecule has 16 heavy (non-hydrogen) atoms. The Hall–Kier alpha value is -0.220. The molecule has 0 saturated carbocycles. The van der Waals surface area contributed by atoms with Crippen LogP contribution in [0.2, 0.25) is 0 Å². The second-order valence-corrected chi connectivity index (χ2v) is 5.98. The van der Waals surface area contributed by atoms with Crippen molar-refractivity contribution < 1.29 is 4.79 Å². The Bertz CT molecular complexity index is 241. The van der Waals surface area contributed by atoms with Crippen LogP contribution >= 0.6 is 11.8 Å². The van der Waals surface area contributed by atoms with E-state index in [1.54, 1.807) is 0 Å². The lowest BCUT2D eigenvalue weighted by Gasteiger charge is -2.25. The van der Waals surface area contributed by atoms with Crippen LogP contribution in [0.25, 0.3) is 0 Å². The van der Waals surface area contributed by atoms with Crippen LogP contribution in [0.15, 0.2) is 0 Å². The average Bonchev–Trinajstić information content (AvgIpc) is 2.79. The molecule has 0 aromatic rings. The molecule has 0 spiro atoms. The molecule has 0 bridgehead atoms. The van der Waals surface area contributed by atoms with E-state index in [1.807, 2.05) is 11.8 Å². The van der Waals surface area contributed by atoms with Gasteiger partial charge in [0.25, 0.3) is 0 Å². The minimum atomic E-state index is 0.357. The maximum absolute atomic E-state index is 12.1. The molecule has 0 aromatic carbocycles. The van der Waals surface area contributed by atoms with E-state index in [9.17, 15) is 4.79 Å². The zero-order chi connectivity index (χ0) is 11.4. The smallest absolute Gasteiger partial charge is 0.224 e. The van der Waals surface area contributed by atoms with E-state index in [4.69, 9.17) is 0 Å². The van der Waals surface area contributed by atoms with E-state index >= 15 is 0 Å². The summed E-state index contributed by atoms with van der Waals surface area (Å²) in [7, 11) is 0. The summed E-state index contributed by atoms with van der Waals surface area (Å²) in [6, 6.07) is 0.409. The first-order valence-electron chi connectivity index (χ1n) is 6.38. The van der Waals surface area contributed by atoms with Crippen LogP contribution in [0.4, 0.5) is 0 Å². The summed E-state index contributed by atoms with van der Waals surface area (Å²) in [5.41, 5.74) is 0. The van der Waals surface area contributed by atoms with E-state index in [2.05, 4.69) is 17.1 Å². The third kappa shape index (κ3) is 3.14. The zero-order valence-electron chi connectivity index (χ0n) is 10.1. The normalized spacial score (nSPS) is 30.7. The van der Waals surface area contributed by atoms with Crippen molar-refractivity contribution >= 4 is 17.7 Å². The molecule has 0 aliphatic carbocycles. The van der Waals surface area contributed by atoms with Crippen molar-refractivity contribution in [2.75, 3.05) is 31.1 Å². The third-order valence-electron chi connectivity index (χ3n) is 3.64. The second-order valence-electron chi connectivity index (χ2n) is 4.83. The number of nitrogens with one attached hydrogen (secondary N) is 1. The van der Waals surface area contributed by atoms with Gasteiger partial charge in [0.2, 0.25) is 5.91 Å². The Kier molecular flexibility index (Phi) is 4.53. The Morgan fingerprint density at radius 2 is 2.44 bits per heavy atom. The standard InChI is InChI=1S/C12H22N2OS/c1-2-10-3-5-14(8-10)12(15)7-11-9-16-6-4-13-11/h10-11,13H,2-9H2,1H3. The molecular weight excluding hydrogens is 220 g/mol. The Balaban J connectivity index is 1.75. The van der Waals surface area contributed by atoms with Crippen LogP contribution in [0.5, 0.6) is 0 Å². The highest BCUT2D eigenvalue weighted by Crippen LogP contribution is 2.20. The van der Waals surface area contributed by atoms with Gasteiger partial charge in [-0.3, -0.25) is 4.79 Å². The van der Waals surface area contributed by atoms with Gasteiger partial charge >= 0.3 is 0 Å². The summed E-state index contributed by atoms with van der Waals surface area (Å²) in [4.78, 5) is 14.1. The fraction of sp³-hybridized carbons (Fsp3) is 0.917. The summed E-state index contributed by atoms with van der Waals surface area (Å²) >= 11 is 1.96. The van der Waals surface area contributed by atoms with Crippen LogP contribution in [0.3, 0.4) is 0 Å². The molecule has 2 unspecified atom stereocenters. The van der Waals surface area contributed by atoms with E-state index < -0.39 is 0 Å². The highest BCUT2D eigenvalue weighted by atomic mass is 32.2. The number of amides is 1. The van der Waals surface area contributed by atoms with E-state index in [1.165, 1.54) is 18.6 Å². The number of carbonyl (C=O) groups excluding carboxylic acids is 1. The first-order valence-corrected chi connectivity index (χ1v) is 7.54. The van der Waals surface area contributed by atoms with Crippen LogP contribution in [0, 0.1) is 5.92 Å². The summed E-state index contributed by atoms with van der Waals surface area (Å²) in [6.07, 6.45) is 3.11. The maximum atomic E-state index is 12.1. The van der Waals surface area contributed by atoms with Crippen molar-refractivity contribution in [1.29, 1.82) is 0 Å². The minimum Gasteiger partial charge on any atom is -0.342 e. The molecule has 0 aromatic heterocycles. The predicted octanol–water partition coefficient (Wildman–Crippen LogP) is 1.34. The van der Waals surface area contributed by atoms with Crippen molar-refractivity contribution in [2.45, 2.75) is 32.2 Å². The topological polar surface area (TPSA) is 32.3 Å². The number of hydrogen-bond donors (Lipinski definition) is 1. The molecule has 2 rings (SSSR count). The van der Waals surface area contributed by atoms with Crippen molar-refractivity contribution in [2.24, 2.45) is 5.92 Å². The van der Waals surface area contributed by atoms with Gasteiger partial charge in [0.15, 0.2) is 0 Å². The number of nitrogens with zero attached hydrogens (tertiary/aromatic N) is 1. The lowest BCUT2D eigenvalue weighted by molar-refractivity contribution is -0.130. The summed E-state index contributed by atoms with van der Waals surface area (Å²) in [5.74, 6) is 3.39. The molecule has 2 atom stereocenters. The largest absolute Gasteiger partial charge is 0.342 e. The SMILES string of the molecule is CCC1CCN(C(=O)CC2CSCCN2)C1. The molecule has 2 aliphatic heterocycles. The van der Waals surface area contributed by atoms with Gasteiger partial charge in [-0.15, -0.1) is 0 Å². The summed E-state index contributed by atoms with van der Waals surface area (Å²) in [6.45, 7) is 5.25. The monoisotopic (exact) mass is 242 g/mol. The Morgan fingerprint density at radius 1 is 1.56 bits per heavy atom.